The van der Waals surface area contributed by atoms with Gasteiger partial charge in [0, 0.05) is 24.3 Å². The maximum Gasteiger partial charge on any atom is 0.305 e. The number of piperidine rings is 1. The summed E-state index contributed by atoms with van der Waals surface area (Å²) in [6, 6.07) is 10.3. The molecule has 0 aromatic heterocycles. The fourth-order valence-electron chi connectivity index (χ4n) is 2.64. The Hall–Kier alpha value is -1.55. The van der Waals surface area contributed by atoms with Crippen molar-refractivity contribution >= 4 is 11.7 Å². The summed E-state index contributed by atoms with van der Waals surface area (Å²) in [4.78, 5) is 13.2. The average Bonchev–Trinajstić information content (AvgIpc) is 2.40. The predicted molar refractivity (Wildman–Crippen MR) is 71.9 cm³/mol. The molecule has 1 aliphatic rings. The number of carbonyl (C=O) groups is 1. The third kappa shape index (κ3) is 2.82. The van der Waals surface area contributed by atoms with Crippen LogP contribution in [0.5, 0.6) is 0 Å². The van der Waals surface area contributed by atoms with Crippen molar-refractivity contribution in [3.63, 3.8) is 0 Å². The molecule has 0 saturated carbocycles. The van der Waals surface area contributed by atoms with E-state index in [1.807, 2.05) is 25.2 Å². The molecule has 1 aromatic rings. The number of rotatable bonds is 4. The first-order chi connectivity index (χ1) is 8.65. The van der Waals surface area contributed by atoms with E-state index in [4.69, 9.17) is 5.11 Å². The molecule has 18 heavy (non-hydrogen) atoms. The van der Waals surface area contributed by atoms with E-state index in [0.29, 0.717) is 0 Å². The third-order valence-electron chi connectivity index (χ3n) is 3.86. The minimum atomic E-state index is -0.725. The quantitative estimate of drug-likeness (QED) is 0.852. The topological polar surface area (TPSA) is 52.6 Å². The van der Waals surface area contributed by atoms with Gasteiger partial charge in [-0.1, -0.05) is 18.2 Å². The van der Waals surface area contributed by atoms with Crippen LogP contribution in [0.3, 0.4) is 0 Å². The van der Waals surface area contributed by atoms with Gasteiger partial charge in [-0.3, -0.25) is 4.79 Å². The molecule has 0 aliphatic carbocycles. The Balaban J connectivity index is 2.00. The maximum atomic E-state index is 10.9. The molecule has 0 spiro atoms. The second kappa shape index (κ2) is 5.40. The summed E-state index contributed by atoms with van der Waals surface area (Å²) in [5.74, 6) is -0.725. The molecule has 1 heterocycles. The lowest BCUT2D eigenvalue weighted by atomic mass is 9.84. The van der Waals surface area contributed by atoms with E-state index < -0.39 is 5.97 Å². The van der Waals surface area contributed by atoms with Crippen LogP contribution in [0.25, 0.3) is 0 Å². The molecule has 2 rings (SSSR count). The first-order valence-corrected chi connectivity index (χ1v) is 6.36. The Morgan fingerprint density at radius 2 is 1.94 bits per heavy atom. The molecule has 1 saturated heterocycles. The molecule has 0 amide bonds. The number of benzene rings is 1. The number of nitrogens with one attached hydrogen (secondary N) is 1. The summed E-state index contributed by atoms with van der Waals surface area (Å²) in [6.07, 6.45) is 1.93. The monoisotopic (exact) mass is 248 g/mol. The molecule has 4 nitrogen and oxygen atoms in total. The van der Waals surface area contributed by atoms with Crippen molar-refractivity contribution in [1.29, 1.82) is 0 Å². The van der Waals surface area contributed by atoms with E-state index in [2.05, 4.69) is 22.3 Å². The van der Waals surface area contributed by atoms with Crippen molar-refractivity contribution in [3.05, 3.63) is 30.3 Å². The van der Waals surface area contributed by atoms with Gasteiger partial charge in [0.05, 0.1) is 6.42 Å². The fraction of sp³-hybridized carbons (Fsp3) is 0.500. The lowest BCUT2D eigenvalue weighted by molar-refractivity contribution is -0.138. The van der Waals surface area contributed by atoms with Gasteiger partial charge in [0.15, 0.2) is 0 Å². The van der Waals surface area contributed by atoms with E-state index in [9.17, 15) is 4.79 Å². The van der Waals surface area contributed by atoms with Gasteiger partial charge in [-0.15, -0.1) is 0 Å². The summed E-state index contributed by atoms with van der Waals surface area (Å²) in [5.41, 5.74) is 0.981. The summed E-state index contributed by atoms with van der Waals surface area (Å²) in [7, 11) is 1.86. The van der Waals surface area contributed by atoms with Crippen molar-refractivity contribution in [1.82, 2.24) is 5.32 Å². The zero-order chi connectivity index (χ0) is 13.0. The number of carboxylic acids is 1. The Labute approximate surface area is 108 Å². The van der Waals surface area contributed by atoms with Gasteiger partial charge in [-0.2, -0.15) is 0 Å². The van der Waals surface area contributed by atoms with E-state index in [1.54, 1.807) is 0 Å². The molecule has 2 N–H and O–H groups in total. The normalized spacial score (nSPS) is 18.6. The van der Waals surface area contributed by atoms with Crippen molar-refractivity contribution < 1.29 is 9.90 Å². The van der Waals surface area contributed by atoms with E-state index in [-0.39, 0.29) is 12.0 Å². The summed E-state index contributed by atoms with van der Waals surface area (Å²) >= 11 is 0. The standard InChI is InChI=1S/C14H20N2O2/c1-15-14(11-13(17)18)7-9-16(10-8-14)12-5-3-2-4-6-12/h2-6,15H,7-11H2,1H3,(H,17,18). The minimum absolute atomic E-state index is 0.201. The number of para-hydroxylation sites is 1. The predicted octanol–water partition coefficient (Wildman–Crippen LogP) is 1.72. The summed E-state index contributed by atoms with van der Waals surface area (Å²) < 4.78 is 0. The van der Waals surface area contributed by atoms with Crippen LogP contribution in [-0.4, -0.2) is 36.8 Å². The molecule has 98 valence electrons. The van der Waals surface area contributed by atoms with Crippen molar-refractivity contribution in [2.24, 2.45) is 0 Å². The van der Waals surface area contributed by atoms with Crippen LogP contribution in [0, 0.1) is 0 Å². The average molecular weight is 248 g/mol. The smallest absolute Gasteiger partial charge is 0.305 e. The Morgan fingerprint density at radius 1 is 1.33 bits per heavy atom. The van der Waals surface area contributed by atoms with Crippen LogP contribution in [0.1, 0.15) is 19.3 Å². The highest BCUT2D eigenvalue weighted by Gasteiger charge is 2.35. The van der Waals surface area contributed by atoms with Crippen LogP contribution in [0.2, 0.25) is 0 Å². The summed E-state index contributed by atoms with van der Waals surface area (Å²) in [5, 5.41) is 12.2. The van der Waals surface area contributed by atoms with Crippen molar-refractivity contribution in [2.75, 3.05) is 25.0 Å². The van der Waals surface area contributed by atoms with Gasteiger partial charge in [-0.25, -0.2) is 0 Å². The zero-order valence-electron chi connectivity index (χ0n) is 10.7. The van der Waals surface area contributed by atoms with Gasteiger partial charge < -0.3 is 15.3 Å². The van der Waals surface area contributed by atoms with Crippen LogP contribution < -0.4 is 10.2 Å². The van der Waals surface area contributed by atoms with E-state index >= 15 is 0 Å². The Kier molecular flexibility index (Phi) is 3.87. The highest BCUT2D eigenvalue weighted by molar-refractivity contribution is 5.68. The lowest BCUT2D eigenvalue weighted by Gasteiger charge is -2.42. The molecule has 0 bridgehead atoms. The van der Waals surface area contributed by atoms with Crippen molar-refractivity contribution in [3.8, 4) is 0 Å². The van der Waals surface area contributed by atoms with Crippen LogP contribution in [0.15, 0.2) is 30.3 Å². The number of hydrogen-bond acceptors (Lipinski definition) is 3. The Bertz CT molecular complexity index is 398. The molecular formula is C14H20N2O2. The molecule has 0 atom stereocenters. The fourth-order valence-corrected chi connectivity index (χ4v) is 2.64. The number of carboxylic acid groups (broad SMARTS) is 1. The van der Waals surface area contributed by atoms with E-state index in [0.717, 1.165) is 25.9 Å². The van der Waals surface area contributed by atoms with Crippen LogP contribution >= 0.6 is 0 Å². The van der Waals surface area contributed by atoms with Crippen LogP contribution in [0.4, 0.5) is 5.69 Å². The molecule has 0 radical (unpaired) electrons. The van der Waals surface area contributed by atoms with Gasteiger partial charge in [0.1, 0.15) is 0 Å². The number of nitrogens with zero attached hydrogens (tertiary/aromatic N) is 1. The SMILES string of the molecule is CNC1(CC(=O)O)CCN(c2ccccc2)CC1. The number of hydrogen-bond donors (Lipinski definition) is 2. The Morgan fingerprint density at radius 3 is 2.44 bits per heavy atom. The molecule has 1 fully saturated rings. The van der Waals surface area contributed by atoms with E-state index in [1.165, 1.54) is 5.69 Å². The first kappa shape index (κ1) is 12.9. The maximum absolute atomic E-state index is 10.9. The number of anilines is 1. The molecule has 0 unspecified atom stereocenters. The second-order valence-electron chi connectivity index (χ2n) is 4.92. The second-order valence-corrected chi connectivity index (χ2v) is 4.92. The number of aliphatic carboxylic acids is 1. The highest BCUT2D eigenvalue weighted by Crippen LogP contribution is 2.28. The van der Waals surface area contributed by atoms with Gasteiger partial charge in [0.2, 0.25) is 0 Å². The molecule has 4 heteroatoms. The van der Waals surface area contributed by atoms with Gasteiger partial charge >= 0.3 is 5.97 Å². The summed E-state index contributed by atoms with van der Waals surface area (Å²) in [6.45, 7) is 1.80. The zero-order valence-corrected chi connectivity index (χ0v) is 10.7. The third-order valence-corrected chi connectivity index (χ3v) is 3.86. The first-order valence-electron chi connectivity index (χ1n) is 6.36. The van der Waals surface area contributed by atoms with Crippen molar-refractivity contribution in [2.45, 2.75) is 24.8 Å². The van der Waals surface area contributed by atoms with Crippen LogP contribution in [-0.2, 0) is 4.79 Å². The van der Waals surface area contributed by atoms with Gasteiger partial charge in [0.25, 0.3) is 0 Å². The minimum Gasteiger partial charge on any atom is -0.481 e. The van der Waals surface area contributed by atoms with Gasteiger partial charge in [-0.05, 0) is 32.0 Å². The molecule has 1 aliphatic heterocycles. The largest absolute Gasteiger partial charge is 0.481 e. The molecule has 1 aromatic carbocycles. The highest BCUT2D eigenvalue weighted by atomic mass is 16.4. The lowest BCUT2D eigenvalue weighted by Crippen LogP contribution is -2.53. The molecular weight excluding hydrogens is 228 g/mol.